The monoisotopic (exact) mass is 401 g/mol. The predicted molar refractivity (Wildman–Crippen MR) is 128 cm³/mol. The van der Waals surface area contributed by atoms with Crippen molar-refractivity contribution in [3.63, 3.8) is 0 Å². The molecule has 154 valence electrons. The number of allylic oxidation sites excluding steroid dienone is 2. The summed E-state index contributed by atoms with van der Waals surface area (Å²) in [5.41, 5.74) is 4.91. The minimum atomic E-state index is 0.751. The summed E-state index contributed by atoms with van der Waals surface area (Å²) < 4.78 is 0. The molecule has 1 aromatic heterocycles. The van der Waals surface area contributed by atoms with Crippen LogP contribution in [0.2, 0.25) is 5.02 Å². The Bertz CT molecular complexity index is 742. The van der Waals surface area contributed by atoms with Crippen LogP contribution >= 0.6 is 11.6 Å². The molecule has 2 rings (SSSR count). The molecular weight excluding hydrogens is 366 g/mol. The van der Waals surface area contributed by atoms with Crippen molar-refractivity contribution in [3.8, 4) is 11.3 Å². The smallest absolute Gasteiger partial charge is 0.0927 e. The first-order valence-electron chi connectivity index (χ1n) is 9.57. The minimum Gasteiger partial charge on any atom is -0.351 e. The van der Waals surface area contributed by atoms with Crippen LogP contribution in [0.1, 0.15) is 45.9 Å². The van der Waals surface area contributed by atoms with E-state index in [0.717, 1.165) is 33.2 Å². The number of rotatable bonds is 5. The summed E-state index contributed by atoms with van der Waals surface area (Å²) in [7, 11) is 1.98. The minimum absolute atomic E-state index is 0.751. The molecule has 0 spiro atoms. The molecule has 0 saturated heterocycles. The number of halogens is 1. The molecule has 1 heterocycles. The van der Waals surface area contributed by atoms with Gasteiger partial charge < -0.3 is 4.90 Å². The number of aryl methyl sites for hydroxylation is 1. The molecule has 3 nitrogen and oxygen atoms in total. The maximum Gasteiger partial charge on any atom is 0.0927 e. The molecule has 0 atom stereocenters. The molecule has 0 saturated carbocycles. The maximum absolute atomic E-state index is 6.17. The summed E-state index contributed by atoms with van der Waals surface area (Å²) >= 11 is 6.17. The number of likely N-dealkylation sites (N-methyl/N-ethyl adjacent to an activating group) is 1. The third-order valence-electron chi connectivity index (χ3n) is 3.46. The number of nitrogens with zero attached hydrogens (tertiary/aromatic N) is 2. The van der Waals surface area contributed by atoms with E-state index in [1.165, 1.54) is 0 Å². The molecule has 0 aliphatic carbocycles. The van der Waals surface area contributed by atoms with Gasteiger partial charge in [0.2, 0.25) is 0 Å². The summed E-state index contributed by atoms with van der Waals surface area (Å²) in [4.78, 5) is 2.00. The van der Waals surface area contributed by atoms with Gasteiger partial charge in [-0.3, -0.25) is 5.10 Å². The number of nitrogens with one attached hydrogen (secondary N) is 1. The van der Waals surface area contributed by atoms with Crippen LogP contribution in [0, 0.1) is 6.92 Å². The molecule has 1 N–H and O–H groups in total. The van der Waals surface area contributed by atoms with Gasteiger partial charge in [-0.25, -0.2) is 0 Å². The Balaban J connectivity index is 0. The zero-order chi connectivity index (χ0) is 22.1. The molecule has 28 heavy (non-hydrogen) atoms. The summed E-state index contributed by atoms with van der Waals surface area (Å²) in [6.07, 6.45) is 7.76. The van der Waals surface area contributed by atoms with Crippen molar-refractivity contribution in [3.05, 3.63) is 84.3 Å². The zero-order valence-electron chi connectivity index (χ0n) is 18.5. The lowest BCUT2D eigenvalue weighted by Crippen LogP contribution is -2.07. The first-order chi connectivity index (χ1) is 13.5. The van der Waals surface area contributed by atoms with Gasteiger partial charge in [0.05, 0.1) is 11.4 Å². The van der Waals surface area contributed by atoms with Gasteiger partial charge in [-0.1, -0.05) is 64.1 Å². The van der Waals surface area contributed by atoms with Crippen molar-refractivity contribution >= 4 is 17.7 Å². The SMILES string of the molecule is C=C.C=C/C(=C\C)N(C)/C=C/c1cc(-c2ccc(C)c(Cl)c2)n[nH]1.CC.CC. The number of hydrogen-bond donors (Lipinski definition) is 1. The average Bonchev–Trinajstić information content (AvgIpc) is 3.23. The highest BCUT2D eigenvalue weighted by atomic mass is 35.5. The Kier molecular flexibility index (Phi) is 16.5. The Hall–Kier alpha value is -2.52. The fraction of sp³-hybridized carbons (Fsp3) is 0.292. The van der Waals surface area contributed by atoms with Gasteiger partial charge in [-0.2, -0.15) is 5.10 Å². The van der Waals surface area contributed by atoms with E-state index in [9.17, 15) is 0 Å². The Morgan fingerprint density at radius 2 is 1.75 bits per heavy atom. The van der Waals surface area contributed by atoms with Crippen molar-refractivity contribution in [2.24, 2.45) is 0 Å². The maximum atomic E-state index is 6.17. The number of aromatic nitrogens is 2. The van der Waals surface area contributed by atoms with Crippen molar-refractivity contribution in [1.29, 1.82) is 0 Å². The first kappa shape index (κ1) is 27.7. The molecule has 2 aromatic rings. The predicted octanol–water partition coefficient (Wildman–Crippen LogP) is 7.89. The topological polar surface area (TPSA) is 31.9 Å². The second-order valence-corrected chi connectivity index (χ2v) is 5.42. The summed E-state index contributed by atoms with van der Waals surface area (Å²) in [6, 6.07) is 7.95. The molecule has 0 bridgehead atoms. The summed E-state index contributed by atoms with van der Waals surface area (Å²) in [6.45, 7) is 21.8. The zero-order valence-corrected chi connectivity index (χ0v) is 19.3. The molecule has 1 aromatic carbocycles. The van der Waals surface area contributed by atoms with Crippen molar-refractivity contribution in [1.82, 2.24) is 15.1 Å². The van der Waals surface area contributed by atoms with Crippen LogP contribution in [-0.2, 0) is 0 Å². The van der Waals surface area contributed by atoms with Crippen molar-refractivity contribution in [2.75, 3.05) is 7.05 Å². The molecule has 0 unspecified atom stereocenters. The molecule has 0 aliphatic heterocycles. The Labute approximate surface area is 177 Å². The third kappa shape index (κ3) is 8.92. The number of aromatic amines is 1. The quantitative estimate of drug-likeness (QED) is 0.408. The third-order valence-corrected chi connectivity index (χ3v) is 3.86. The van der Waals surface area contributed by atoms with Crippen LogP contribution in [0.25, 0.3) is 17.3 Å². The Morgan fingerprint density at radius 1 is 1.14 bits per heavy atom. The number of benzene rings is 1. The molecule has 0 radical (unpaired) electrons. The molecule has 0 fully saturated rings. The van der Waals surface area contributed by atoms with Crippen LogP contribution in [-0.4, -0.2) is 22.1 Å². The van der Waals surface area contributed by atoms with E-state index in [1.807, 2.05) is 102 Å². The largest absolute Gasteiger partial charge is 0.351 e. The molecule has 4 heteroatoms. The first-order valence-corrected chi connectivity index (χ1v) is 9.94. The van der Waals surface area contributed by atoms with Crippen molar-refractivity contribution in [2.45, 2.75) is 41.5 Å². The fourth-order valence-electron chi connectivity index (χ4n) is 2.07. The fourth-order valence-corrected chi connectivity index (χ4v) is 2.25. The van der Waals surface area contributed by atoms with E-state index < -0.39 is 0 Å². The number of hydrogen-bond acceptors (Lipinski definition) is 2. The standard InChI is InChI=1S/C18H20ClN3.2C2H6.C2H4/c1-5-16(6-2)22(4)10-9-15-12-18(21-20-15)14-8-7-13(3)17(19)11-14;3*1-2/h5-12H,1H2,2-4H3,(H,20,21);2*1-2H3;1-2H2/b10-9+,16-6+;;;. The van der Waals surface area contributed by atoms with Crippen LogP contribution in [0.3, 0.4) is 0 Å². The second kappa shape index (κ2) is 16.6. The molecule has 0 aliphatic rings. The van der Waals surface area contributed by atoms with E-state index in [2.05, 4.69) is 29.9 Å². The highest BCUT2D eigenvalue weighted by Gasteiger charge is 2.05. The highest BCUT2D eigenvalue weighted by molar-refractivity contribution is 6.31. The van der Waals surface area contributed by atoms with E-state index in [4.69, 9.17) is 11.6 Å². The second-order valence-electron chi connectivity index (χ2n) is 5.02. The lowest BCUT2D eigenvalue weighted by molar-refractivity contribution is 0.591. The van der Waals surface area contributed by atoms with E-state index in [-0.39, 0.29) is 0 Å². The summed E-state index contributed by atoms with van der Waals surface area (Å²) in [5, 5.41) is 8.10. The van der Waals surface area contributed by atoms with Gasteiger partial charge in [0.1, 0.15) is 0 Å². The van der Waals surface area contributed by atoms with Crippen LogP contribution in [0.5, 0.6) is 0 Å². The lowest BCUT2D eigenvalue weighted by Gasteiger charge is -2.14. The van der Waals surface area contributed by atoms with Crippen LogP contribution in [0.15, 0.2) is 68.1 Å². The van der Waals surface area contributed by atoms with Gasteiger partial charge in [0.25, 0.3) is 0 Å². The normalized spacial score (nSPS) is 9.93. The van der Waals surface area contributed by atoms with Crippen LogP contribution < -0.4 is 0 Å². The van der Waals surface area contributed by atoms with Gasteiger partial charge in [-0.05, 0) is 43.7 Å². The summed E-state index contributed by atoms with van der Waals surface area (Å²) in [5.74, 6) is 0. The van der Waals surface area contributed by atoms with Gasteiger partial charge in [0.15, 0.2) is 0 Å². The van der Waals surface area contributed by atoms with Crippen molar-refractivity contribution < 1.29 is 0 Å². The highest BCUT2D eigenvalue weighted by Crippen LogP contribution is 2.24. The van der Waals surface area contributed by atoms with Gasteiger partial charge in [-0.15, -0.1) is 13.2 Å². The van der Waals surface area contributed by atoms with E-state index in [0.29, 0.717) is 0 Å². The average molecular weight is 402 g/mol. The van der Waals surface area contributed by atoms with Gasteiger partial charge >= 0.3 is 0 Å². The Morgan fingerprint density at radius 3 is 2.25 bits per heavy atom. The van der Waals surface area contributed by atoms with Gasteiger partial charge in [0, 0.05) is 29.5 Å². The van der Waals surface area contributed by atoms with E-state index >= 15 is 0 Å². The lowest BCUT2D eigenvalue weighted by atomic mass is 10.1. The molecule has 0 amide bonds. The van der Waals surface area contributed by atoms with E-state index in [1.54, 1.807) is 0 Å². The number of H-pyrrole nitrogens is 1. The van der Waals surface area contributed by atoms with Crippen LogP contribution in [0.4, 0.5) is 0 Å². The molecular formula is C24H36ClN3.